The Hall–Kier alpha value is -6.35. The summed E-state index contributed by atoms with van der Waals surface area (Å²) in [5.41, 5.74) is 2.88. The summed E-state index contributed by atoms with van der Waals surface area (Å²) in [5, 5.41) is 33.5. The summed E-state index contributed by atoms with van der Waals surface area (Å²) in [5.74, 6) is -1.61. The average molecular weight is 922 g/mol. The average Bonchev–Trinajstić information content (AvgIpc) is 4.13. The van der Waals surface area contributed by atoms with Gasteiger partial charge in [0.1, 0.15) is 35.8 Å². The largest absolute Gasteiger partial charge is 0.389 e. The molecule has 3 aromatic heterocycles. The predicted octanol–water partition coefficient (Wildman–Crippen LogP) is 4.10. The summed E-state index contributed by atoms with van der Waals surface area (Å²) in [6.45, 7) is 3.41. The number of aryl methyl sites for hydroxylation is 1. The van der Waals surface area contributed by atoms with E-state index in [0.29, 0.717) is 96.0 Å². The van der Waals surface area contributed by atoms with Crippen molar-refractivity contribution in [3.63, 3.8) is 0 Å². The minimum Gasteiger partial charge on any atom is -0.389 e. The number of imide groups is 1. The van der Waals surface area contributed by atoms with E-state index in [1.54, 1.807) is 52.1 Å². The molecule has 5 aliphatic rings. The number of rotatable bonds is 11. The molecular weight excluding hydrogens is 873 g/mol. The molecule has 344 valence electrons. The molecule has 10 rings (SSSR count). The van der Waals surface area contributed by atoms with Crippen LogP contribution in [0.25, 0.3) is 11.1 Å². The van der Waals surface area contributed by atoms with Crippen LogP contribution in [0.1, 0.15) is 73.3 Å². The van der Waals surface area contributed by atoms with E-state index in [1.807, 2.05) is 21.6 Å². The van der Waals surface area contributed by atoms with Gasteiger partial charge >= 0.3 is 0 Å². The Morgan fingerprint density at radius 2 is 1.74 bits per heavy atom. The number of aromatic nitrogens is 4. The Balaban J connectivity index is 0.734. The first kappa shape index (κ1) is 43.5. The fraction of sp³-hybridized carbons (Fsp3) is 0.413. The summed E-state index contributed by atoms with van der Waals surface area (Å²) in [4.78, 5) is 71.7. The second-order valence-electron chi connectivity index (χ2n) is 17.6. The summed E-state index contributed by atoms with van der Waals surface area (Å²) in [7, 11) is 0. The van der Waals surface area contributed by atoms with Gasteiger partial charge in [-0.25, -0.2) is 23.7 Å². The molecule has 3 atom stereocenters. The van der Waals surface area contributed by atoms with Gasteiger partial charge in [0.05, 0.1) is 29.7 Å². The summed E-state index contributed by atoms with van der Waals surface area (Å²) < 4.78 is 33.3. The molecule has 2 aromatic carbocycles. The van der Waals surface area contributed by atoms with Crippen molar-refractivity contribution in [3.8, 4) is 11.1 Å². The molecule has 3 fully saturated rings. The Kier molecular flexibility index (Phi) is 11.7. The van der Waals surface area contributed by atoms with Gasteiger partial charge < -0.3 is 40.1 Å². The van der Waals surface area contributed by atoms with Gasteiger partial charge in [-0.05, 0) is 80.1 Å². The number of aliphatic hydroxyl groups is 2. The van der Waals surface area contributed by atoms with Crippen LogP contribution < -0.4 is 25.8 Å². The molecule has 17 nitrogen and oxygen atoms in total. The first-order chi connectivity index (χ1) is 31.9. The number of carbonyl (C=O) groups is 4. The lowest BCUT2D eigenvalue weighted by Crippen LogP contribution is -2.52. The van der Waals surface area contributed by atoms with Gasteiger partial charge in [-0.3, -0.25) is 29.4 Å². The molecule has 0 spiro atoms. The number of hydrogen-bond acceptors (Lipinski definition) is 14. The third kappa shape index (κ3) is 8.60. The van der Waals surface area contributed by atoms with Crippen LogP contribution in [0.2, 0.25) is 0 Å². The van der Waals surface area contributed by atoms with Gasteiger partial charge in [0, 0.05) is 105 Å². The van der Waals surface area contributed by atoms with Crippen LogP contribution in [0.15, 0.2) is 66.6 Å². The van der Waals surface area contributed by atoms with Crippen molar-refractivity contribution >= 4 is 57.3 Å². The number of amides is 4. The number of pyridine rings is 1. The number of carbonyl (C=O) groups excluding carboxylic acids is 4. The van der Waals surface area contributed by atoms with Gasteiger partial charge in [0.2, 0.25) is 23.6 Å². The molecule has 0 saturated carbocycles. The van der Waals surface area contributed by atoms with Crippen LogP contribution in [0.4, 0.5) is 31.1 Å². The van der Waals surface area contributed by atoms with Crippen molar-refractivity contribution in [2.75, 3.05) is 59.7 Å². The number of piperidine rings is 2. The van der Waals surface area contributed by atoms with E-state index >= 15 is 8.78 Å². The number of thiazole rings is 1. The zero-order chi connectivity index (χ0) is 45.7. The number of nitrogens with zero attached hydrogens (tertiary/aromatic N) is 8. The number of halogens is 2. The molecule has 3 saturated heterocycles. The molecule has 2 unspecified atom stereocenters. The van der Waals surface area contributed by atoms with E-state index in [1.165, 1.54) is 23.5 Å². The third-order valence-corrected chi connectivity index (χ3v) is 14.2. The minimum atomic E-state index is -1.29. The van der Waals surface area contributed by atoms with Crippen molar-refractivity contribution < 1.29 is 38.2 Å². The Bertz CT molecular complexity index is 2670. The predicted molar refractivity (Wildman–Crippen MR) is 240 cm³/mol. The molecule has 0 aliphatic carbocycles. The molecule has 4 amide bonds. The number of hydrogen-bond donors (Lipinski definition) is 5. The highest BCUT2D eigenvalue weighted by Crippen LogP contribution is 2.43. The van der Waals surface area contributed by atoms with Crippen LogP contribution >= 0.6 is 11.3 Å². The van der Waals surface area contributed by atoms with Crippen molar-refractivity contribution in [2.24, 2.45) is 0 Å². The number of nitrogens with one attached hydrogen (secondary N) is 3. The van der Waals surface area contributed by atoms with Crippen molar-refractivity contribution in [2.45, 2.75) is 81.9 Å². The van der Waals surface area contributed by atoms with Crippen LogP contribution in [0, 0.1) is 11.6 Å². The van der Waals surface area contributed by atoms with Gasteiger partial charge in [-0.1, -0.05) is 0 Å². The zero-order valence-corrected chi connectivity index (χ0v) is 36.8. The van der Waals surface area contributed by atoms with Crippen LogP contribution in [-0.2, 0) is 38.7 Å². The third-order valence-electron chi connectivity index (χ3n) is 13.5. The summed E-state index contributed by atoms with van der Waals surface area (Å²) in [6.07, 6.45) is 6.41. The molecule has 0 bridgehead atoms. The Labute approximate surface area is 382 Å². The maximum absolute atomic E-state index is 16.0. The molecule has 8 heterocycles. The fourth-order valence-corrected chi connectivity index (χ4v) is 10.4. The standard InChI is InChI=1S/C46H49F2N11O6S/c47-32-21-28(20-30-31(32)25-59(44(30)64)41(43(63)54-45-49-11-19-66-45)40-36-2-1-12-58(36)26-51-40)27-3-7-37(50-24-27)56-15-17-57(18-16-56)39(61)23-46(65)9-13-55(14-10-46)35-6-4-29(22-33(35)48)52-34-5-8-38(60)53-42(34)62/h3-4,6-7,11,19-22,24,26,34,41,44,52,64-65H,1-2,5,8-10,12-18,23,25H2,(H,49,54,63)(H,53,60,62)/t34-,41?,44?/m1/s1. The molecule has 5 aromatic rings. The van der Waals surface area contributed by atoms with Crippen LogP contribution in [0.5, 0.6) is 0 Å². The topological polar surface area (TPSA) is 201 Å². The highest BCUT2D eigenvalue weighted by atomic mass is 32.1. The smallest absolute Gasteiger partial charge is 0.249 e. The van der Waals surface area contributed by atoms with Gasteiger partial charge in [-0.15, -0.1) is 11.3 Å². The van der Waals surface area contributed by atoms with Crippen LogP contribution in [0.3, 0.4) is 0 Å². The van der Waals surface area contributed by atoms with Crippen LogP contribution in [-0.4, -0.2) is 114 Å². The van der Waals surface area contributed by atoms with E-state index in [4.69, 9.17) is 4.98 Å². The maximum atomic E-state index is 16.0. The monoisotopic (exact) mass is 921 g/mol. The first-order valence-corrected chi connectivity index (χ1v) is 23.1. The zero-order valence-electron chi connectivity index (χ0n) is 36.0. The lowest BCUT2D eigenvalue weighted by atomic mass is 9.87. The van der Waals surface area contributed by atoms with Crippen molar-refractivity contribution in [1.82, 2.24) is 34.6 Å². The molecule has 20 heteroatoms. The van der Waals surface area contributed by atoms with Crippen molar-refractivity contribution in [3.05, 3.63) is 101 Å². The number of aliphatic hydroxyl groups excluding tert-OH is 1. The first-order valence-electron chi connectivity index (χ1n) is 22.3. The fourth-order valence-electron chi connectivity index (χ4n) is 9.87. The lowest BCUT2D eigenvalue weighted by Gasteiger charge is -2.41. The molecule has 5 N–H and O–H groups in total. The van der Waals surface area contributed by atoms with Gasteiger partial charge in [0.15, 0.2) is 5.13 Å². The Morgan fingerprint density at radius 3 is 2.47 bits per heavy atom. The number of fused-ring (bicyclic) bond motifs is 2. The van der Waals surface area contributed by atoms with Gasteiger partial charge in [-0.2, -0.15) is 0 Å². The molecule has 5 aliphatic heterocycles. The second kappa shape index (κ2) is 17.8. The highest BCUT2D eigenvalue weighted by molar-refractivity contribution is 7.13. The quantitative estimate of drug-likeness (QED) is 0.119. The number of benzene rings is 2. The van der Waals surface area contributed by atoms with E-state index in [-0.39, 0.29) is 44.0 Å². The number of imidazole rings is 1. The minimum absolute atomic E-state index is 0.00102. The van der Waals surface area contributed by atoms with Gasteiger partial charge in [0.25, 0.3) is 0 Å². The molecule has 66 heavy (non-hydrogen) atoms. The normalized spacial score (nSPS) is 21.1. The highest BCUT2D eigenvalue weighted by Gasteiger charge is 2.43. The summed E-state index contributed by atoms with van der Waals surface area (Å²) >= 11 is 1.28. The SMILES string of the molecule is O=C1CC[C@@H](Nc2ccc(N3CCC(O)(CC(=O)N4CCN(c5ccc(-c6cc(F)c7c(c6)C(O)N(C(C(=O)Nc6nccs6)c6ncn8c6CCC8)C7)cn5)CC4)CC3)c(F)c2)C(=O)N1. The second-order valence-corrected chi connectivity index (χ2v) is 18.5. The Morgan fingerprint density at radius 1 is 0.924 bits per heavy atom. The summed E-state index contributed by atoms with van der Waals surface area (Å²) in [6, 6.07) is 9.88. The maximum Gasteiger partial charge on any atom is 0.249 e. The van der Waals surface area contributed by atoms with E-state index in [0.717, 1.165) is 25.1 Å². The van der Waals surface area contributed by atoms with E-state index in [2.05, 4.69) is 30.8 Å². The number of anilines is 4. The van der Waals surface area contributed by atoms with Crippen molar-refractivity contribution in [1.29, 1.82) is 0 Å². The molecule has 0 radical (unpaired) electrons. The van der Waals surface area contributed by atoms with E-state index < -0.39 is 47.4 Å². The van der Waals surface area contributed by atoms with E-state index in [9.17, 15) is 29.4 Å². The lowest BCUT2D eigenvalue weighted by molar-refractivity contribution is -0.138. The number of piperazine rings is 1. The molecular formula is C46H49F2N11O6S.